The van der Waals surface area contributed by atoms with E-state index in [1.807, 2.05) is 18.2 Å². The largest absolute Gasteiger partial charge is 0.382 e. The summed E-state index contributed by atoms with van der Waals surface area (Å²) in [5.74, 6) is 0. The van der Waals surface area contributed by atoms with Crippen LogP contribution in [-0.2, 0) is 0 Å². The Labute approximate surface area is 124 Å². The Bertz CT molecular complexity index is 553. The topological polar surface area (TPSA) is 37.0 Å². The van der Waals surface area contributed by atoms with Gasteiger partial charge >= 0.3 is 0 Å². The lowest BCUT2D eigenvalue weighted by molar-refractivity contribution is 0.479. The number of benzene rings is 1. The van der Waals surface area contributed by atoms with Crippen LogP contribution in [0.1, 0.15) is 12.8 Å². The van der Waals surface area contributed by atoms with E-state index in [9.17, 15) is 0 Å². The molecule has 0 bridgehead atoms. The molecule has 3 rings (SSSR count). The number of halogens is 2. The molecular weight excluding hydrogens is 281 g/mol. The van der Waals surface area contributed by atoms with Gasteiger partial charge < -0.3 is 10.6 Å². The lowest BCUT2D eigenvalue weighted by Crippen LogP contribution is -2.35. The van der Waals surface area contributed by atoms with Crippen molar-refractivity contribution in [1.29, 1.82) is 0 Å². The smallest absolute Gasteiger partial charge is 0.0723 e. The molecule has 0 spiro atoms. The molecule has 0 unspecified atom stereocenters. The maximum atomic E-state index is 6.03. The molecule has 1 fully saturated rings. The van der Waals surface area contributed by atoms with Crippen molar-refractivity contribution in [1.82, 2.24) is 10.3 Å². The Hall–Kier alpha value is -1.03. The molecule has 0 saturated carbocycles. The van der Waals surface area contributed by atoms with E-state index in [2.05, 4.69) is 21.7 Å². The van der Waals surface area contributed by atoms with Gasteiger partial charge in [0.1, 0.15) is 0 Å². The van der Waals surface area contributed by atoms with E-state index in [0.29, 0.717) is 11.1 Å². The Morgan fingerprint density at radius 3 is 2.84 bits per heavy atom. The first-order valence-corrected chi connectivity index (χ1v) is 6.72. The van der Waals surface area contributed by atoms with Crippen LogP contribution in [0.5, 0.6) is 0 Å². The van der Waals surface area contributed by atoms with Gasteiger partial charge in [0.05, 0.1) is 10.5 Å². The van der Waals surface area contributed by atoms with Gasteiger partial charge in [0.15, 0.2) is 0 Å². The zero-order chi connectivity index (χ0) is 12.4. The van der Waals surface area contributed by atoms with Crippen molar-refractivity contribution in [2.24, 2.45) is 0 Å². The van der Waals surface area contributed by atoms with Crippen LogP contribution in [0.3, 0.4) is 0 Å². The molecule has 1 aliphatic heterocycles. The number of piperidine rings is 1. The highest BCUT2D eigenvalue weighted by Gasteiger charge is 2.13. The van der Waals surface area contributed by atoms with E-state index in [-0.39, 0.29) is 12.4 Å². The van der Waals surface area contributed by atoms with Crippen molar-refractivity contribution in [3.8, 4) is 0 Å². The van der Waals surface area contributed by atoms with E-state index in [1.165, 1.54) is 0 Å². The minimum absolute atomic E-state index is 0. The summed E-state index contributed by atoms with van der Waals surface area (Å²) in [6.45, 7) is 2.17. The van der Waals surface area contributed by atoms with Crippen LogP contribution in [0.15, 0.2) is 30.5 Å². The van der Waals surface area contributed by atoms with Gasteiger partial charge in [-0.15, -0.1) is 12.4 Å². The second-order valence-electron chi connectivity index (χ2n) is 4.69. The zero-order valence-corrected chi connectivity index (χ0v) is 12.1. The minimum Gasteiger partial charge on any atom is -0.382 e. The number of nitrogens with one attached hydrogen (secondary N) is 2. The van der Waals surface area contributed by atoms with Crippen LogP contribution in [0.4, 0.5) is 5.69 Å². The number of hydrogen-bond donors (Lipinski definition) is 2. The molecule has 1 aromatic heterocycles. The van der Waals surface area contributed by atoms with E-state index in [4.69, 9.17) is 11.6 Å². The monoisotopic (exact) mass is 297 g/mol. The van der Waals surface area contributed by atoms with Crippen molar-refractivity contribution in [2.45, 2.75) is 18.9 Å². The van der Waals surface area contributed by atoms with Gasteiger partial charge in [0.2, 0.25) is 0 Å². The molecule has 0 amide bonds. The third kappa shape index (κ3) is 3.30. The number of nitrogens with zero attached hydrogens (tertiary/aromatic N) is 1. The maximum Gasteiger partial charge on any atom is 0.0723 e. The van der Waals surface area contributed by atoms with Crippen molar-refractivity contribution in [3.05, 3.63) is 35.5 Å². The summed E-state index contributed by atoms with van der Waals surface area (Å²) < 4.78 is 0. The lowest BCUT2D eigenvalue weighted by Gasteiger charge is -2.25. The van der Waals surface area contributed by atoms with Gasteiger partial charge in [-0.1, -0.05) is 17.7 Å². The molecule has 1 saturated heterocycles. The van der Waals surface area contributed by atoms with Crippen LogP contribution in [0.2, 0.25) is 5.02 Å². The minimum atomic E-state index is 0. The highest BCUT2D eigenvalue weighted by molar-refractivity contribution is 6.31. The van der Waals surface area contributed by atoms with Crippen LogP contribution < -0.4 is 10.6 Å². The predicted molar refractivity (Wildman–Crippen MR) is 83.5 cm³/mol. The highest BCUT2D eigenvalue weighted by Crippen LogP contribution is 2.26. The van der Waals surface area contributed by atoms with Crippen molar-refractivity contribution in [2.75, 3.05) is 18.4 Å². The van der Waals surface area contributed by atoms with Gasteiger partial charge in [-0.05, 0) is 44.1 Å². The first-order valence-electron chi connectivity index (χ1n) is 6.34. The normalized spacial score (nSPS) is 16.1. The first-order chi connectivity index (χ1) is 8.83. The third-order valence-corrected chi connectivity index (χ3v) is 3.60. The van der Waals surface area contributed by atoms with Crippen molar-refractivity contribution in [3.63, 3.8) is 0 Å². The average molecular weight is 298 g/mol. The summed E-state index contributed by atoms with van der Waals surface area (Å²) >= 11 is 6.03. The zero-order valence-electron chi connectivity index (χ0n) is 10.5. The van der Waals surface area contributed by atoms with Crippen LogP contribution >= 0.6 is 24.0 Å². The molecule has 3 nitrogen and oxygen atoms in total. The highest BCUT2D eigenvalue weighted by atomic mass is 35.5. The second-order valence-corrected chi connectivity index (χ2v) is 5.13. The fraction of sp³-hybridized carbons (Fsp3) is 0.357. The lowest BCUT2D eigenvalue weighted by atomic mass is 10.1. The average Bonchev–Trinajstić information content (AvgIpc) is 2.41. The van der Waals surface area contributed by atoms with Gasteiger partial charge in [-0.25, -0.2) is 0 Å². The number of pyridine rings is 1. The van der Waals surface area contributed by atoms with Crippen molar-refractivity contribution >= 4 is 40.6 Å². The number of fused-ring (bicyclic) bond motifs is 1. The number of hydrogen-bond acceptors (Lipinski definition) is 3. The number of anilines is 1. The summed E-state index contributed by atoms with van der Waals surface area (Å²) in [5, 5.41) is 8.77. The SMILES string of the molecule is Cl.Clc1cnc2cccc(NC3CCNCC3)c2c1. The summed E-state index contributed by atoms with van der Waals surface area (Å²) in [7, 11) is 0. The third-order valence-electron chi connectivity index (χ3n) is 3.39. The van der Waals surface area contributed by atoms with Crippen LogP contribution in [0.25, 0.3) is 10.9 Å². The van der Waals surface area contributed by atoms with Crippen LogP contribution in [0, 0.1) is 0 Å². The molecule has 5 heteroatoms. The molecule has 0 atom stereocenters. The summed E-state index contributed by atoms with van der Waals surface area (Å²) in [6.07, 6.45) is 4.01. The standard InChI is InChI=1S/C14H16ClN3.ClH/c15-10-8-12-13(17-9-10)2-1-3-14(12)18-11-4-6-16-7-5-11;/h1-3,8-9,11,16,18H,4-7H2;1H. The molecule has 2 aromatic rings. The summed E-state index contributed by atoms with van der Waals surface area (Å²) in [4.78, 5) is 4.35. The molecule has 1 aliphatic rings. The van der Waals surface area contributed by atoms with E-state index < -0.39 is 0 Å². The van der Waals surface area contributed by atoms with E-state index >= 15 is 0 Å². The number of rotatable bonds is 2. The molecule has 19 heavy (non-hydrogen) atoms. The quantitative estimate of drug-likeness (QED) is 0.891. The molecule has 2 N–H and O–H groups in total. The fourth-order valence-corrected chi connectivity index (χ4v) is 2.59. The maximum absolute atomic E-state index is 6.03. The first kappa shape index (κ1) is 14.4. The summed E-state index contributed by atoms with van der Waals surface area (Å²) in [5.41, 5.74) is 2.12. The molecule has 0 aliphatic carbocycles. The van der Waals surface area contributed by atoms with Crippen LogP contribution in [-0.4, -0.2) is 24.1 Å². The second kappa shape index (κ2) is 6.42. The molecule has 1 aromatic carbocycles. The fourth-order valence-electron chi connectivity index (χ4n) is 2.44. The van der Waals surface area contributed by atoms with E-state index in [0.717, 1.165) is 42.5 Å². The summed E-state index contributed by atoms with van der Waals surface area (Å²) in [6, 6.07) is 8.66. The molecular formula is C14H17Cl2N3. The van der Waals surface area contributed by atoms with Crippen molar-refractivity contribution < 1.29 is 0 Å². The Balaban J connectivity index is 0.00000133. The Kier molecular flexibility index (Phi) is 4.86. The predicted octanol–water partition coefficient (Wildman–Crippen LogP) is 3.47. The van der Waals surface area contributed by atoms with Gasteiger partial charge in [0, 0.05) is 23.3 Å². The van der Waals surface area contributed by atoms with Gasteiger partial charge in [-0.3, -0.25) is 4.98 Å². The Morgan fingerprint density at radius 1 is 1.26 bits per heavy atom. The van der Waals surface area contributed by atoms with Gasteiger partial charge in [0.25, 0.3) is 0 Å². The van der Waals surface area contributed by atoms with E-state index in [1.54, 1.807) is 6.20 Å². The van der Waals surface area contributed by atoms with Gasteiger partial charge in [-0.2, -0.15) is 0 Å². The molecule has 0 radical (unpaired) electrons. The Morgan fingerprint density at radius 2 is 2.05 bits per heavy atom. The number of aromatic nitrogens is 1. The molecule has 102 valence electrons. The molecule has 2 heterocycles.